The van der Waals surface area contributed by atoms with Gasteiger partial charge >= 0.3 is 6.36 Å². The third-order valence-corrected chi connectivity index (χ3v) is 5.03. The minimum Gasteiger partial charge on any atom is -0.507 e. The Bertz CT molecular complexity index is 1310. The highest BCUT2D eigenvalue weighted by Gasteiger charge is 2.31. The third kappa shape index (κ3) is 5.55. The lowest BCUT2D eigenvalue weighted by atomic mass is 10.0. The van der Waals surface area contributed by atoms with Crippen LogP contribution in [0.5, 0.6) is 11.5 Å². The molecule has 2 N–H and O–H groups in total. The summed E-state index contributed by atoms with van der Waals surface area (Å²) in [5.41, 5.74) is 3.74. The largest absolute Gasteiger partial charge is 0.573 e. The zero-order valence-corrected chi connectivity index (χ0v) is 18.0. The van der Waals surface area contributed by atoms with Gasteiger partial charge in [0.05, 0.1) is 6.54 Å². The van der Waals surface area contributed by atoms with Gasteiger partial charge in [-0.05, 0) is 60.5 Å². The summed E-state index contributed by atoms with van der Waals surface area (Å²) in [7, 11) is 0. The van der Waals surface area contributed by atoms with E-state index >= 15 is 0 Å². The van der Waals surface area contributed by atoms with Crippen molar-refractivity contribution >= 4 is 11.6 Å². The van der Waals surface area contributed by atoms with Crippen molar-refractivity contribution in [2.45, 2.75) is 19.8 Å². The number of hydrogen-bond donors (Lipinski definition) is 2. The van der Waals surface area contributed by atoms with Crippen LogP contribution in [0, 0.1) is 6.92 Å². The highest BCUT2D eigenvalue weighted by molar-refractivity contribution is 6.02. The van der Waals surface area contributed by atoms with E-state index in [0.29, 0.717) is 17.8 Å². The van der Waals surface area contributed by atoms with Crippen LogP contribution in [0.15, 0.2) is 78.9 Å². The number of carbonyl (C=O) groups excluding carboxylic acids is 1. The number of aromatic nitrogens is 2. The number of benzene rings is 3. The van der Waals surface area contributed by atoms with E-state index in [0.717, 1.165) is 29.0 Å². The average Bonchev–Trinajstić information content (AvgIpc) is 3.15. The standard InChI is InChI=1S/C25H20F3N3O3/c1-16-13-22(24(33)29-19-9-11-20(12-10-19)34-25(26,27)28)30-31(16)15-17-5-4-6-18(14-17)21-7-2-3-8-23(21)32/h2-14,32H,15H2,1H3,(H,29,33). The highest BCUT2D eigenvalue weighted by Crippen LogP contribution is 2.29. The molecule has 6 nitrogen and oxygen atoms in total. The van der Waals surface area contributed by atoms with Crippen molar-refractivity contribution in [2.75, 3.05) is 5.32 Å². The summed E-state index contributed by atoms with van der Waals surface area (Å²) >= 11 is 0. The lowest BCUT2D eigenvalue weighted by Gasteiger charge is -2.09. The number of para-hydroxylation sites is 1. The molecule has 0 radical (unpaired) electrons. The Morgan fingerprint density at radius 3 is 2.47 bits per heavy atom. The number of ether oxygens (including phenoxy) is 1. The van der Waals surface area contributed by atoms with Gasteiger partial charge in [0.2, 0.25) is 0 Å². The van der Waals surface area contributed by atoms with Gasteiger partial charge in [0.25, 0.3) is 5.91 Å². The second-order valence-corrected chi connectivity index (χ2v) is 7.57. The van der Waals surface area contributed by atoms with Crippen LogP contribution in [0.1, 0.15) is 21.7 Å². The fourth-order valence-corrected chi connectivity index (χ4v) is 3.44. The predicted octanol–water partition coefficient (Wildman–Crippen LogP) is 5.76. The molecule has 0 aliphatic heterocycles. The normalized spacial score (nSPS) is 11.3. The number of rotatable bonds is 6. The van der Waals surface area contributed by atoms with Gasteiger partial charge in [-0.3, -0.25) is 9.48 Å². The molecule has 0 aliphatic carbocycles. The Morgan fingerprint density at radius 1 is 1.03 bits per heavy atom. The summed E-state index contributed by atoms with van der Waals surface area (Å²) < 4.78 is 42.3. The maximum Gasteiger partial charge on any atom is 0.573 e. The maximum atomic E-state index is 12.6. The molecule has 1 heterocycles. The molecule has 34 heavy (non-hydrogen) atoms. The summed E-state index contributed by atoms with van der Waals surface area (Å²) in [6, 6.07) is 21.2. The van der Waals surface area contributed by atoms with Gasteiger partial charge < -0.3 is 15.2 Å². The molecule has 0 saturated heterocycles. The topological polar surface area (TPSA) is 76.4 Å². The Balaban J connectivity index is 1.46. The van der Waals surface area contributed by atoms with E-state index in [1.807, 2.05) is 43.3 Å². The van der Waals surface area contributed by atoms with Gasteiger partial charge in [-0.2, -0.15) is 5.10 Å². The number of aryl methyl sites for hydroxylation is 1. The van der Waals surface area contributed by atoms with Gasteiger partial charge in [-0.1, -0.05) is 36.4 Å². The fraction of sp³-hybridized carbons (Fsp3) is 0.120. The number of phenols is 1. The van der Waals surface area contributed by atoms with Crippen LogP contribution in [-0.2, 0) is 6.54 Å². The fourth-order valence-electron chi connectivity index (χ4n) is 3.44. The van der Waals surface area contributed by atoms with Crippen molar-refractivity contribution in [3.05, 3.63) is 95.8 Å². The third-order valence-electron chi connectivity index (χ3n) is 5.03. The van der Waals surface area contributed by atoms with Crippen LogP contribution in [0.3, 0.4) is 0 Å². The molecule has 0 atom stereocenters. The number of nitrogens with one attached hydrogen (secondary N) is 1. The monoisotopic (exact) mass is 467 g/mol. The molecule has 0 aliphatic rings. The molecule has 0 unspecified atom stereocenters. The van der Waals surface area contributed by atoms with Gasteiger partial charge in [0, 0.05) is 16.9 Å². The van der Waals surface area contributed by atoms with Crippen molar-refractivity contribution in [3.63, 3.8) is 0 Å². The minimum atomic E-state index is -4.78. The second-order valence-electron chi connectivity index (χ2n) is 7.57. The molecule has 174 valence electrons. The molecule has 4 aromatic rings. The highest BCUT2D eigenvalue weighted by atomic mass is 19.4. The first kappa shape index (κ1) is 22.9. The van der Waals surface area contributed by atoms with Crippen LogP contribution < -0.4 is 10.1 Å². The molecular weight excluding hydrogens is 447 g/mol. The Morgan fingerprint density at radius 2 is 1.76 bits per heavy atom. The molecular formula is C25H20F3N3O3. The summed E-state index contributed by atoms with van der Waals surface area (Å²) in [5, 5.41) is 17.1. The predicted molar refractivity (Wildman–Crippen MR) is 121 cm³/mol. The lowest BCUT2D eigenvalue weighted by molar-refractivity contribution is -0.274. The number of aromatic hydroxyl groups is 1. The van der Waals surface area contributed by atoms with Crippen molar-refractivity contribution < 1.29 is 27.8 Å². The second kappa shape index (κ2) is 9.30. The number of amides is 1. The van der Waals surface area contributed by atoms with Crippen LogP contribution in [-0.4, -0.2) is 27.2 Å². The molecule has 0 saturated carbocycles. The van der Waals surface area contributed by atoms with E-state index in [9.17, 15) is 23.1 Å². The molecule has 0 fully saturated rings. The van der Waals surface area contributed by atoms with Crippen LogP contribution in [0.25, 0.3) is 11.1 Å². The molecule has 1 aromatic heterocycles. The SMILES string of the molecule is Cc1cc(C(=O)Nc2ccc(OC(F)(F)F)cc2)nn1Cc1cccc(-c2ccccc2O)c1. The number of phenolic OH excluding ortho intramolecular Hbond substituents is 1. The lowest BCUT2D eigenvalue weighted by Crippen LogP contribution is -2.17. The zero-order valence-electron chi connectivity index (χ0n) is 18.0. The Hall–Kier alpha value is -4.27. The summed E-state index contributed by atoms with van der Waals surface area (Å²) in [6.45, 7) is 2.23. The molecule has 0 spiro atoms. The number of nitrogens with zero attached hydrogens (tertiary/aromatic N) is 2. The van der Waals surface area contributed by atoms with E-state index in [4.69, 9.17) is 0 Å². The van der Waals surface area contributed by atoms with Crippen LogP contribution in [0.2, 0.25) is 0 Å². The smallest absolute Gasteiger partial charge is 0.507 e. The number of carbonyl (C=O) groups is 1. The molecule has 4 rings (SSSR count). The molecule has 0 bridgehead atoms. The first-order valence-corrected chi connectivity index (χ1v) is 10.3. The number of anilines is 1. The van der Waals surface area contributed by atoms with E-state index in [2.05, 4.69) is 15.2 Å². The quantitative estimate of drug-likeness (QED) is 0.378. The number of alkyl halides is 3. The summed E-state index contributed by atoms with van der Waals surface area (Å²) in [6.07, 6.45) is -4.78. The molecule has 3 aromatic carbocycles. The molecule has 9 heteroatoms. The van der Waals surface area contributed by atoms with Gasteiger partial charge in [-0.15, -0.1) is 13.2 Å². The number of halogens is 3. The van der Waals surface area contributed by atoms with Crippen molar-refractivity contribution in [1.29, 1.82) is 0 Å². The van der Waals surface area contributed by atoms with E-state index < -0.39 is 12.3 Å². The minimum absolute atomic E-state index is 0.171. The van der Waals surface area contributed by atoms with Crippen LogP contribution >= 0.6 is 0 Å². The van der Waals surface area contributed by atoms with E-state index in [1.165, 1.54) is 12.1 Å². The van der Waals surface area contributed by atoms with Gasteiger partial charge in [0.15, 0.2) is 5.69 Å². The van der Waals surface area contributed by atoms with Crippen molar-refractivity contribution in [2.24, 2.45) is 0 Å². The van der Waals surface area contributed by atoms with E-state index in [1.54, 1.807) is 22.9 Å². The summed E-state index contributed by atoms with van der Waals surface area (Å²) in [4.78, 5) is 12.6. The van der Waals surface area contributed by atoms with Crippen molar-refractivity contribution in [1.82, 2.24) is 9.78 Å². The van der Waals surface area contributed by atoms with Gasteiger partial charge in [-0.25, -0.2) is 0 Å². The first-order chi connectivity index (χ1) is 16.2. The summed E-state index contributed by atoms with van der Waals surface area (Å²) in [5.74, 6) is -0.683. The van der Waals surface area contributed by atoms with Gasteiger partial charge in [0.1, 0.15) is 11.5 Å². The average molecular weight is 467 g/mol. The van der Waals surface area contributed by atoms with E-state index in [-0.39, 0.29) is 17.2 Å². The first-order valence-electron chi connectivity index (χ1n) is 10.3. The number of hydrogen-bond acceptors (Lipinski definition) is 4. The maximum absolute atomic E-state index is 12.6. The van der Waals surface area contributed by atoms with Crippen molar-refractivity contribution in [3.8, 4) is 22.6 Å². The molecule has 1 amide bonds. The Kier molecular flexibility index (Phi) is 6.27. The zero-order chi connectivity index (χ0) is 24.3. The Labute approximate surface area is 193 Å². The van der Waals surface area contributed by atoms with Crippen LogP contribution in [0.4, 0.5) is 18.9 Å².